The molecule has 6 heteroatoms. The minimum Gasteiger partial charge on any atom is -0.381 e. The zero-order chi connectivity index (χ0) is 20.2. The van der Waals surface area contributed by atoms with E-state index in [1.54, 1.807) is 19.2 Å². The fraction of sp³-hybridized carbons (Fsp3) is 0.458. The first-order valence-corrected chi connectivity index (χ1v) is 10.5. The number of halogens is 2. The van der Waals surface area contributed by atoms with Crippen molar-refractivity contribution in [2.45, 2.75) is 36.5 Å². The molecule has 4 nitrogen and oxygen atoms in total. The molecule has 0 unspecified atom stereocenters. The fourth-order valence-corrected chi connectivity index (χ4v) is 4.38. The van der Waals surface area contributed by atoms with Crippen LogP contribution in [0.25, 0.3) is 0 Å². The van der Waals surface area contributed by atoms with Crippen LogP contribution >= 0.6 is 24.0 Å². The Morgan fingerprint density at radius 3 is 2.07 bits per heavy atom. The van der Waals surface area contributed by atoms with Crippen molar-refractivity contribution in [2.75, 3.05) is 33.4 Å². The van der Waals surface area contributed by atoms with Crippen molar-refractivity contribution in [3.8, 4) is 0 Å². The Kier molecular flexibility index (Phi) is 7.74. The number of nitrogens with zero attached hydrogens (tertiary/aromatic N) is 1. The van der Waals surface area contributed by atoms with Gasteiger partial charge < -0.3 is 15.4 Å². The monoisotopic (exact) mass is 523 g/mol. The third-order valence-corrected chi connectivity index (χ3v) is 6.54. The van der Waals surface area contributed by atoms with Gasteiger partial charge in [0.1, 0.15) is 5.82 Å². The van der Waals surface area contributed by atoms with Gasteiger partial charge in [-0.1, -0.05) is 42.5 Å². The van der Waals surface area contributed by atoms with Crippen LogP contribution in [-0.4, -0.2) is 39.3 Å². The van der Waals surface area contributed by atoms with E-state index in [-0.39, 0.29) is 40.6 Å². The minimum absolute atomic E-state index is 0. The van der Waals surface area contributed by atoms with Crippen molar-refractivity contribution in [1.82, 2.24) is 10.6 Å². The van der Waals surface area contributed by atoms with Gasteiger partial charge in [0.25, 0.3) is 0 Å². The van der Waals surface area contributed by atoms with Gasteiger partial charge >= 0.3 is 0 Å². The van der Waals surface area contributed by atoms with Gasteiger partial charge in [0, 0.05) is 44.2 Å². The predicted octanol–water partition coefficient (Wildman–Crippen LogP) is 4.39. The van der Waals surface area contributed by atoms with Gasteiger partial charge in [0.15, 0.2) is 5.96 Å². The van der Waals surface area contributed by atoms with Crippen LogP contribution in [0.3, 0.4) is 0 Å². The number of hydrogen-bond acceptors (Lipinski definition) is 2. The highest BCUT2D eigenvalue weighted by Gasteiger charge is 2.44. The van der Waals surface area contributed by atoms with Crippen molar-refractivity contribution in [2.24, 2.45) is 4.99 Å². The summed E-state index contributed by atoms with van der Waals surface area (Å²) < 4.78 is 19.3. The highest BCUT2D eigenvalue weighted by molar-refractivity contribution is 14.0. The first-order valence-electron chi connectivity index (χ1n) is 10.5. The highest BCUT2D eigenvalue weighted by Crippen LogP contribution is 2.47. The maximum atomic E-state index is 13.7. The summed E-state index contributed by atoms with van der Waals surface area (Å²) in [5, 5.41) is 7.03. The average molecular weight is 523 g/mol. The molecule has 2 N–H and O–H groups in total. The van der Waals surface area contributed by atoms with Crippen LogP contribution in [0.2, 0.25) is 0 Å². The summed E-state index contributed by atoms with van der Waals surface area (Å²) in [4.78, 5) is 4.43. The number of rotatable bonds is 6. The molecule has 1 aliphatic carbocycles. The Morgan fingerprint density at radius 2 is 1.50 bits per heavy atom. The van der Waals surface area contributed by atoms with Gasteiger partial charge in [0.2, 0.25) is 0 Å². The van der Waals surface area contributed by atoms with Gasteiger partial charge in [-0.2, -0.15) is 0 Å². The topological polar surface area (TPSA) is 45.7 Å². The van der Waals surface area contributed by atoms with Gasteiger partial charge in [-0.05, 0) is 48.9 Å². The Hall–Kier alpha value is -1.67. The lowest BCUT2D eigenvalue weighted by Crippen LogP contribution is -2.49. The molecule has 2 aromatic carbocycles. The molecule has 1 heterocycles. The second kappa shape index (κ2) is 10.1. The van der Waals surface area contributed by atoms with Crippen LogP contribution in [-0.2, 0) is 15.6 Å². The summed E-state index contributed by atoms with van der Waals surface area (Å²) >= 11 is 0. The maximum Gasteiger partial charge on any atom is 0.191 e. The number of benzene rings is 2. The number of ether oxygens (including phenoxy) is 1. The molecule has 162 valence electrons. The van der Waals surface area contributed by atoms with Gasteiger partial charge in [-0.3, -0.25) is 4.99 Å². The van der Waals surface area contributed by atoms with Crippen LogP contribution in [0.15, 0.2) is 59.6 Å². The van der Waals surface area contributed by atoms with E-state index in [4.69, 9.17) is 4.74 Å². The molecule has 0 aromatic heterocycles. The minimum atomic E-state index is -0.166. The number of aliphatic imine (C=N–C) groups is 1. The van der Waals surface area contributed by atoms with E-state index in [1.165, 1.54) is 11.6 Å². The van der Waals surface area contributed by atoms with Gasteiger partial charge in [-0.15, -0.1) is 24.0 Å². The Labute approximate surface area is 195 Å². The van der Waals surface area contributed by atoms with Crippen molar-refractivity contribution in [3.63, 3.8) is 0 Å². The molecule has 1 saturated heterocycles. The van der Waals surface area contributed by atoms with E-state index in [9.17, 15) is 4.39 Å². The lowest BCUT2D eigenvalue weighted by molar-refractivity contribution is 0.0514. The predicted molar refractivity (Wildman–Crippen MR) is 130 cm³/mol. The SMILES string of the molecule is CN=C(NCC1(c2ccccc2)CCOCC1)NCC1(c2cccc(F)c2)CC1.I. The Morgan fingerprint density at radius 1 is 0.900 bits per heavy atom. The molecule has 4 rings (SSSR count). The van der Waals surface area contributed by atoms with E-state index in [1.807, 2.05) is 6.07 Å². The fourth-order valence-electron chi connectivity index (χ4n) is 4.38. The van der Waals surface area contributed by atoms with E-state index < -0.39 is 0 Å². The summed E-state index contributed by atoms with van der Waals surface area (Å²) in [6.07, 6.45) is 4.14. The van der Waals surface area contributed by atoms with Crippen molar-refractivity contribution in [1.29, 1.82) is 0 Å². The zero-order valence-corrected chi connectivity index (χ0v) is 19.8. The first kappa shape index (κ1) is 23.0. The molecular formula is C24H31FIN3O. The standard InChI is InChI=1S/C24H30FN3O.HI/c1-26-22(27-17-23(10-11-23)20-8-5-9-21(25)16-20)28-18-24(12-14-29-15-13-24)19-6-3-2-4-7-19;/h2-9,16H,10-15,17-18H2,1H3,(H2,26,27,28);1H. The molecule has 2 aliphatic rings. The smallest absolute Gasteiger partial charge is 0.191 e. The lowest BCUT2D eigenvalue weighted by atomic mass is 9.74. The van der Waals surface area contributed by atoms with E-state index in [0.717, 1.165) is 63.5 Å². The number of hydrogen-bond donors (Lipinski definition) is 2. The largest absolute Gasteiger partial charge is 0.381 e. The normalized spacial score (nSPS) is 19.5. The van der Waals surface area contributed by atoms with E-state index >= 15 is 0 Å². The summed E-state index contributed by atoms with van der Waals surface area (Å²) in [6.45, 7) is 3.14. The number of nitrogens with one attached hydrogen (secondary N) is 2. The molecular weight excluding hydrogens is 492 g/mol. The van der Waals surface area contributed by atoms with Gasteiger partial charge in [0.05, 0.1) is 0 Å². The van der Waals surface area contributed by atoms with Crippen molar-refractivity contribution < 1.29 is 9.13 Å². The van der Waals surface area contributed by atoms with Crippen LogP contribution in [0.4, 0.5) is 4.39 Å². The molecule has 0 radical (unpaired) electrons. The van der Waals surface area contributed by atoms with E-state index in [2.05, 4.69) is 46.0 Å². The molecule has 0 spiro atoms. The maximum absolute atomic E-state index is 13.7. The molecule has 0 bridgehead atoms. The van der Waals surface area contributed by atoms with Crippen LogP contribution in [0, 0.1) is 5.82 Å². The van der Waals surface area contributed by atoms with Crippen molar-refractivity contribution in [3.05, 3.63) is 71.5 Å². The second-order valence-corrected chi connectivity index (χ2v) is 8.33. The first-order chi connectivity index (χ1) is 14.2. The van der Waals surface area contributed by atoms with E-state index in [0.29, 0.717) is 0 Å². The summed E-state index contributed by atoms with van der Waals surface area (Å²) in [5.41, 5.74) is 2.50. The molecule has 1 aliphatic heterocycles. The number of guanidine groups is 1. The summed E-state index contributed by atoms with van der Waals surface area (Å²) in [6, 6.07) is 17.7. The Bertz CT molecular complexity index is 849. The van der Waals surface area contributed by atoms with Gasteiger partial charge in [-0.25, -0.2) is 4.39 Å². The molecule has 0 amide bonds. The quantitative estimate of drug-likeness (QED) is 0.336. The lowest BCUT2D eigenvalue weighted by Gasteiger charge is -2.38. The van der Waals surface area contributed by atoms with Crippen LogP contribution in [0.5, 0.6) is 0 Å². The summed E-state index contributed by atoms with van der Waals surface area (Å²) in [7, 11) is 1.80. The molecule has 2 fully saturated rings. The van der Waals surface area contributed by atoms with Crippen LogP contribution in [0.1, 0.15) is 36.8 Å². The third-order valence-electron chi connectivity index (χ3n) is 6.54. The zero-order valence-electron chi connectivity index (χ0n) is 17.5. The average Bonchev–Trinajstić information content (AvgIpc) is 3.56. The molecule has 1 saturated carbocycles. The molecule has 30 heavy (non-hydrogen) atoms. The Balaban J connectivity index is 0.00000256. The van der Waals surface area contributed by atoms with Crippen molar-refractivity contribution >= 4 is 29.9 Å². The molecule has 0 atom stereocenters. The second-order valence-electron chi connectivity index (χ2n) is 8.33. The molecule has 2 aromatic rings. The third kappa shape index (κ3) is 5.14. The summed E-state index contributed by atoms with van der Waals surface area (Å²) in [5.74, 6) is 0.634. The van der Waals surface area contributed by atoms with Crippen LogP contribution < -0.4 is 10.6 Å². The highest BCUT2D eigenvalue weighted by atomic mass is 127.